The van der Waals surface area contributed by atoms with E-state index in [0.717, 1.165) is 24.0 Å². The minimum Gasteiger partial charge on any atom is -0.496 e. The minimum absolute atomic E-state index is 0.000244. The molecule has 0 bridgehead atoms. The van der Waals surface area contributed by atoms with Crippen LogP contribution in [0.2, 0.25) is 0 Å². The van der Waals surface area contributed by atoms with Crippen LogP contribution >= 0.6 is 0 Å². The maximum atomic E-state index is 13.2. The third-order valence-electron chi connectivity index (χ3n) is 6.51. The molecule has 1 unspecified atom stereocenters. The first-order valence-corrected chi connectivity index (χ1v) is 13.5. The summed E-state index contributed by atoms with van der Waals surface area (Å²) in [6, 6.07) is 3.06. The number of hydrazone groups is 1. The lowest BCUT2D eigenvalue weighted by atomic mass is 9.96. The number of carbonyl (C=O) groups is 2. The second-order valence-electron chi connectivity index (χ2n) is 9.83. The van der Waals surface area contributed by atoms with Gasteiger partial charge in [-0.15, -0.1) is 10.6 Å². The van der Waals surface area contributed by atoms with Gasteiger partial charge in [-0.05, 0) is 56.0 Å². The van der Waals surface area contributed by atoms with Gasteiger partial charge >= 0.3 is 12.3 Å². The smallest absolute Gasteiger partial charge is 0.422 e. The minimum atomic E-state index is -4.62. The summed E-state index contributed by atoms with van der Waals surface area (Å²) in [7, 11) is 1.44. The molecule has 3 rings (SSSR count). The van der Waals surface area contributed by atoms with Crippen molar-refractivity contribution in [2.24, 2.45) is 5.10 Å². The second-order valence-corrected chi connectivity index (χ2v) is 9.83. The van der Waals surface area contributed by atoms with Crippen molar-refractivity contribution in [2.75, 3.05) is 26.9 Å². The molecule has 0 aliphatic carbocycles. The summed E-state index contributed by atoms with van der Waals surface area (Å²) in [4.78, 5) is 26.5. The highest BCUT2D eigenvalue weighted by Crippen LogP contribution is 2.29. The summed E-state index contributed by atoms with van der Waals surface area (Å²) in [6.07, 6.45) is 3.80. The first-order chi connectivity index (χ1) is 20.0. The fourth-order valence-electron chi connectivity index (χ4n) is 4.28. The molecule has 1 atom stereocenters. The number of ether oxygens (including phenoxy) is 2. The molecule has 0 spiro atoms. The SMILES string of the molecule is CCC/C=C(/C=C\C=C(/C)NC(=O)c1cc2c(cc1OC)CCN(C(=O)OCC(F)(F)F)C2)C1=NNNN1C(C)CO. The van der Waals surface area contributed by atoms with E-state index in [2.05, 4.69) is 33.1 Å². The average Bonchev–Trinajstić information content (AvgIpc) is 3.45. The van der Waals surface area contributed by atoms with E-state index in [1.807, 2.05) is 19.1 Å². The van der Waals surface area contributed by atoms with E-state index in [-0.39, 0.29) is 31.3 Å². The van der Waals surface area contributed by atoms with E-state index in [0.29, 0.717) is 29.3 Å². The maximum Gasteiger partial charge on any atom is 0.422 e. The van der Waals surface area contributed by atoms with Crippen LogP contribution in [0.3, 0.4) is 0 Å². The molecule has 2 aliphatic rings. The van der Waals surface area contributed by atoms with Crippen LogP contribution in [-0.2, 0) is 17.7 Å². The molecule has 14 heteroatoms. The van der Waals surface area contributed by atoms with Crippen molar-refractivity contribution >= 4 is 17.8 Å². The third-order valence-corrected chi connectivity index (χ3v) is 6.51. The normalized spacial score (nSPS) is 16.6. The number of nitrogens with one attached hydrogen (secondary N) is 3. The Bertz CT molecular complexity index is 1260. The van der Waals surface area contributed by atoms with E-state index >= 15 is 0 Å². The summed E-state index contributed by atoms with van der Waals surface area (Å²) in [5.74, 6) is 0.503. The van der Waals surface area contributed by atoms with Crippen molar-refractivity contribution in [1.29, 1.82) is 0 Å². The number of methoxy groups -OCH3 is 1. The van der Waals surface area contributed by atoms with Gasteiger partial charge in [-0.1, -0.05) is 31.6 Å². The van der Waals surface area contributed by atoms with Crippen LogP contribution in [-0.4, -0.2) is 71.9 Å². The fourth-order valence-corrected chi connectivity index (χ4v) is 4.28. The molecule has 1 aromatic carbocycles. The zero-order valence-electron chi connectivity index (χ0n) is 24.0. The number of allylic oxidation sites excluding steroid dienone is 4. The second kappa shape index (κ2) is 14.7. The van der Waals surface area contributed by atoms with Gasteiger partial charge in [0.15, 0.2) is 12.4 Å². The number of aliphatic hydroxyl groups is 1. The number of rotatable bonds is 11. The molecule has 2 heterocycles. The number of amides is 2. The largest absolute Gasteiger partial charge is 0.496 e. The zero-order chi connectivity index (χ0) is 30.9. The summed E-state index contributed by atoms with van der Waals surface area (Å²) >= 11 is 0. The number of alkyl halides is 3. The quantitative estimate of drug-likeness (QED) is 0.286. The van der Waals surface area contributed by atoms with Gasteiger partial charge in [-0.2, -0.15) is 13.2 Å². The van der Waals surface area contributed by atoms with Crippen molar-refractivity contribution < 1.29 is 37.3 Å². The molecular formula is C28H37F3N6O5. The van der Waals surface area contributed by atoms with E-state index < -0.39 is 24.8 Å². The van der Waals surface area contributed by atoms with Crippen molar-refractivity contribution in [3.63, 3.8) is 0 Å². The van der Waals surface area contributed by atoms with Crippen LogP contribution in [0.1, 0.15) is 55.1 Å². The molecule has 0 radical (unpaired) electrons. The van der Waals surface area contributed by atoms with Gasteiger partial charge in [0.1, 0.15) is 5.75 Å². The van der Waals surface area contributed by atoms with Crippen molar-refractivity contribution in [1.82, 2.24) is 26.3 Å². The summed E-state index contributed by atoms with van der Waals surface area (Å²) in [6.45, 7) is 4.07. The number of nitrogens with zero attached hydrogens (tertiary/aromatic N) is 3. The summed E-state index contributed by atoms with van der Waals surface area (Å²) in [5, 5.41) is 18.4. The Labute approximate surface area is 242 Å². The van der Waals surface area contributed by atoms with Crippen molar-refractivity contribution in [2.45, 2.75) is 58.8 Å². The number of hydrogen-bond donors (Lipinski definition) is 4. The van der Waals surface area contributed by atoms with E-state index in [1.165, 1.54) is 12.0 Å². The van der Waals surface area contributed by atoms with Crippen molar-refractivity contribution in [3.05, 3.63) is 64.4 Å². The number of halogens is 3. The zero-order valence-corrected chi connectivity index (χ0v) is 24.0. The number of carbonyl (C=O) groups excluding carboxylic acids is 2. The Morgan fingerprint density at radius 2 is 2.05 bits per heavy atom. The Kier molecular flexibility index (Phi) is 11.4. The maximum absolute atomic E-state index is 13.2. The predicted molar refractivity (Wildman–Crippen MR) is 150 cm³/mol. The Hall–Kier alpha value is -4.04. The molecule has 0 aromatic heterocycles. The van der Waals surface area contributed by atoms with Gasteiger partial charge in [-0.25, -0.2) is 10.3 Å². The van der Waals surface area contributed by atoms with E-state index in [9.17, 15) is 27.9 Å². The van der Waals surface area contributed by atoms with Gasteiger partial charge in [-0.3, -0.25) is 9.80 Å². The van der Waals surface area contributed by atoms with Crippen molar-refractivity contribution in [3.8, 4) is 5.75 Å². The predicted octanol–water partition coefficient (Wildman–Crippen LogP) is 3.69. The van der Waals surface area contributed by atoms with Gasteiger partial charge in [0.2, 0.25) is 0 Å². The molecule has 0 saturated heterocycles. The number of unbranched alkanes of at least 4 members (excludes halogenated alkanes) is 1. The van der Waals surface area contributed by atoms with Crippen LogP contribution in [0, 0.1) is 0 Å². The molecule has 2 amide bonds. The summed E-state index contributed by atoms with van der Waals surface area (Å²) < 4.78 is 47.2. The topological polar surface area (TPSA) is 128 Å². The first kappa shape index (κ1) is 32.5. The highest BCUT2D eigenvalue weighted by atomic mass is 19.4. The Morgan fingerprint density at radius 1 is 1.29 bits per heavy atom. The van der Waals surface area contributed by atoms with Crippen LogP contribution < -0.4 is 21.1 Å². The highest BCUT2D eigenvalue weighted by molar-refractivity contribution is 6.01. The lowest BCUT2D eigenvalue weighted by Crippen LogP contribution is -2.48. The first-order valence-electron chi connectivity index (χ1n) is 13.5. The fraction of sp³-hybridized carbons (Fsp3) is 0.464. The number of hydrazine groups is 2. The number of benzene rings is 1. The molecule has 0 fully saturated rings. The summed E-state index contributed by atoms with van der Waals surface area (Å²) in [5.41, 5.74) is 8.62. The van der Waals surface area contributed by atoms with Gasteiger partial charge in [0, 0.05) is 24.4 Å². The number of fused-ring (bicyclic) bond motifs is 1. The lowest BCUT2D eigenvalue weighted by molar-refractivity contribution is -0.162. The van der Waals surface area contributed by atoms with Crippen LogP contribution in [0.4, 0.5) is 18.0 Å². The highest BCUT2D eigenvalue weighted by Gasteiger charge is 2.32. The third kappa shape index (κ3) is 8.73. The Balaban J connectivity index is 1.73. The number of aliphatic hydroxyl groups excluding tert-OH is 1. The van der Waals surface area contributed by atoms with Gasteiger partial charge < -0.3 is 24.8 Å². The standard InChI is InChI=1S/C28H37F3N6O5/c1-5-6-9-20(25-33-34-35-37(25)19(3)16-38)10-7-8-18(2)32-26(39)23-13-22-15-36(27(40)42-17-28(29,30)31)12-11-21(22)14-24(23)41-4/h7-10,13-14,19,34-35,38H,5-6,11-12,15-17H2,1-4H3,(H,32,39)/b10-7-,18-8+,20-9-. The van der Waals surface area contributed by atoms with E-state index in [1.54, 1.807) is 36.2 Å². The molecule has 230 valence electrons. The Morgan fingerprint density at radius 3 is 2.71 bits per heavy atom. The number of hydrogen-bond acceptors (Lipinski definition) is 9. The van der Waals surface area contributed by atoms with E-state index in [4.69, 9.17) is 4.74 Å². The van der Waals surface area contributed by atoms with Crippen LogP contribution in [0.15, 0.2) is 52.8 Å². The number of amidine groups is 1. The molecule has 2 aliphatic heterocycles. The molecule has 11 nitrogen and oxygen atoms in total. The molecule has 1 aromatic rings. The molecular weight excluding hydrogens is 557 g/mol. The van der Waals surface area contributed by atoms with Crippen LogP contribution in [0.5, 0.6) is 5.75 Å². The van der Waals surface area contributed by atoms with Gasteiger partial charge in [0.05, 0.1) is 25.3 Å². The van der Waals surface area contributed by atoms with Crippen LogP contribution in [0.25, 0.3) is 0 Å². The van der Waals surface area contributed by atoms with Gasteiger partial charge in [0.25, 0.3) is 5.91 Å². The lowest BCUT2D eigenvalue weighted by Gasteiger charge is -2.29. The average molecular weight is 595 g/mol. The molecule has 4 N–H and O–H groups in total. The molecule has 0 saturated carbocycles. The monoisotopic (exact) mass is 594 g/mol. The molecule has 42 heavy (non-hydrogen) atoms.